The predicted octanol–water partition coefficient (Wildman–Crippen LogP) is 3.48. The number of fused-ring (bicyclic) bond motifs is 1. The van der Waals surface area contributed by atoms with Crippen molar-refractivity contribution < 1.29 is 4.74 Å². The summed E-state index contributed by atoms with van der Waals surface area (Å²) < 4.78 is 7.71. The molecule has 0 saturated carbocycles. The summed E-state index contributed by atoms with van der Waals surface area (Å²) in [6.07, 6.45) is 7.39. The van der Waals surface area contributed by atoms with Crippen LogP contribution in [0.4, 0.5) is 0 Å². The molecule has 9 heteroatoms. The predicted molar refractivity (Wildman–Crippen MR) is 127 cm³/mol. The fourth-order valence-electron chi connectivity index (χ4n) is 3.81. The molecule has 0 aliphatic heterocycles. The number of aryl methyl sites for hydroxylation is 1. The van der Waals surface area contributed by atoms with E-state index in [9.17, 15) is 0 Å². The summed E-state index contributed by atoms with van der Waals surface area (Å²) in [5.74, 6) is 0.661. The zero-order valence-electron chi connectivity index (χ0n) is 18.7. The van der Waals surface area contributed by atoms with Gasteiger partial charge in [-0.3, -0.25) is 19.7 Å². The zero-order chi connectivity index (χ0) is 22.8. The molecular weight excluding hydrogens is 416 g/mol. The van der Waals surface area contributed by atoms with E-state index in [1.165, 1.54) is 0 Å². The minimum Gasteiger partial charge on any atom is -0.494 e. The van der Waals surface area contributed by atoms with Gasteiger partial charge in [-0.05, 0) is 38.2 Å². The average Bonchev–Trinajstić information content (AvgIpc) is 3.51. The van der Waals surface area contributed by atoms with E-state index in [0.717, 1.165) is 58.1 Å². The lowest BCUT2D eigenvalue weighted by Gasteiger charge is -2.11. The van der Waals surface area contributed by atoms with Crippen molar-refractivity contribution in [2.75, 3.05) is 20.7 Å². The maximum Gasteiger partial charge on any atom is 0.156 e. The van der Waals surface area contributed by atoms with E-state index < -0.39 is 0 Å². The summed E-state index contributed by atoms with van der Waals surface area (Å²) in [7, 11) is 3.57. The molecule has 5 aromatic rings. The van der Waals surface area contributed by atoms with Gasteiger partial charge in [0, 0.05) is 41.3 Å². The van der Waals surface area contributed by atoms with E-state index in [1.807, 2.05) is 67.6 Å². The smallest absolute Gasteiger partial charge is 0.156 e. The summed E-state index contributed by atoms with van der Waals surface area (Å²) in [4.78, 5) is 14.2. The Hall–Kier alpha value is -4.11. The van der Waals surface area contributed by atoms with E-state index in [4.69, 9.17) is 9.72 Å². The first kappa shape index (κ1) is 20.8. The number of hydrogen-bond donors (Lipinski definition) is 2. The number of likely N-dealkylation sites (N-methyl/N-ethyl adjacent to an activating group) is 1. The highest BCUT2D eigenvalue weighted by molar-refractivity contribution is 5.91. The van der Waals surface area contributed by atoms with E-state index >= 15 is 0 Å². The molecule has 0 aliphatic carbocycles. The van der Waals surface area contributed by atoms with Crippen LogP contribution in [0.3, 0.4) is 0 Å². The highest BCUT2D eigenvalue weighted by atomic mass is 16.5. The molecule has 5 aromatic heterocycles. The normalized spacial score (nSPS) is 11.2. The van der Waals surface area contributed by atoms with Crippen LogP contribution in [0, 0.1) is 6.92 Å². The third kappa shape index (κ3) is 3.94. The number of aromatic amines is 1. The van der Waals surface area contributed by atoms with Gasteiger partial charge >= 0.3 is 0 Å². The van der Waals surface area contributed by atoms with Gasteiger partial charge in [0.2, 0.25) is 0 Å². The van der Waals surface area contributed by atoms with Gasteiger partial charge in [-0.1, -0.05) is 6.07 Å². The van der Waals surface area contributed by atoms with Gasteiger partial charge in [0.25, 0.3) is 0 Å². The molecular formula is C24H24N8O. The first-order chi connectivity index (χ1) is 16.2. The van der Waals surface area contributed by atoms with Crippen LogP contribution in [-0.4, -0.2) is 55.6 Å². The third-order valence-electron chi connectivity index (χ3n) is 5.47. The quantitative estimate of drug-likeness (QED) is 0.399. The largest absolute Gasteiger partial charge is 0.494 e. The Morgan fingerprint density at radius 2 is 1.94 bits per heavy atom. The Labute approximate surface area is 190 Å². The molecule has 0 spiro atoms. The molecule has 0 aromatic carbocycles. The van der Waals surface area contributed by atoms with Crippen molar-refractivity contribution in [2.45, 2.75) is 13.5 Å². The number of methoxy groups -OCH3 is 1. The van der Waals surface area contributed by atoms with Crippen LogP contribution in [0.15, 0.2) is 55.1 Å². The van der Waals surface area contributed by atoms with Crippen LogP contribution in [0.2, 0.25) is 0 Å². The van der Waals surface area contributed by atoms with Gasteiger partial charge in [-0.2, -0.15) is 10.2 Å². The maximum absolute atomic E-state index is 5.82. The standard InChI is InChI=1S/C24H24N8O/c1-15-5-4-6-21(29-15)22-18(13-27-31-22)19-7-8-20-23(30-19)24(33-3)17(12-26-20)16-11-28-32(14-16)10-9-25-2/h4-8,11-14,25H,9-10H2,1-3H3,(H,27,31). The Morgan fingerprint density at radius 1 is 1.03 bits per heavy atom. The minimum absolute atomic E-state index is 0.661. The maximum atomic E-state index is 5.82. The fraction of sp³-hybridized carbons (Fsp3) is 0.208. The zero-order valence-corrected chi connectivity index (χ0v) is 18.7. The highest BCUT2D eigenvalue weighted by Gasteiger charge is 2.18. The first-order valence-electron chi connectivity index (χ1n) is 10.7. The second-order valence-corrected chi connectivity index (χ2v) is 7.69. The lowest BCUT2D eigenvalue weighted by atomic mass is 10.1. The molecule has 0 aliphatic rings. The molecule has 0 radical (unpaired) electrons. The molecule has 0 amide bonds. The Balaban J connectivity index is 1.60. The molecule has 0 unspecified atom stereocenters. The minimum atomic E-state index is 0.661. The van der Waals surface area contributed by atoms with Crippen LogP contribution in [0.25, 0.3) is 44.8 Å². The second-order valence-electron chi connectivity index (χ2n) is 7.69. The fourth-order valence-corrected chi connectivity index (χ4v) is 3.81. The number of H-pyrrole nitrogens is 1. The van der Waals surface area contributed by atoms with Crippen molar-refractivity contribution in [2.24, 2.45) is 0 Å². The molecule has 0 saturated heterocycles. The topological polar surface area (TPSA) is 106 Å². The number of aromatic nitrogens is 7. The van der Waals surface area contributed by atoms with Crippen molar-refractivity contribution >= 4 is 11.0 Å². The summed E-state index contributed by atoms with van der Waals surface area (Å²) in [6.45, 7) is 3.58. The van der Waals surface area contributed by atoms with Gasteiger partial charge in [-0.15, -0.1) is 0 Å². The Kier molecular flexibility index (Phi) is 5.54. The van der Waals surface area contributed by atoms with Crippen LogP contribution >= 0.6 is 0 Å². The molecule has 0 fully saturated rings. The number of pyridine rings is 3. The highest BCUT2D eigenvalue weighted by Crippen LogP contribution is 2.36. The molecule has 9 nitrogen and oxygen atoms in total. The van der Waals surface area contributed by atoms with E-state index in [1.54, 1.807) is 13.3 Å². The number of nitrogens with one attached hydrogen (secondary N) is 2. The van der Waals surface area contributed by atoms with E-state index in [0.29, 0.717) is 11.3 Å². The molecule has 5 heterocycles. The van der Waals surface area contributed by atoms with Crippen molar-refractivity contribution in [3.05, 3.63) is 60.8 Å². The van der Waals surface area contributed by atoms with Crippen molar-refractivity contribution in [3.63, 3.8) is 0 Å². The summed E-state index contributed by atoms with van der Waals surface area (Å²) in [6, 6.07) is 9.78. The van der Waals surface area contributed by atoms with Gasteiger partial charge in [0.15, 0.2) is 5.75 Å². The van der Waals surface area contributed by atoms with Gasteiger partial charge < -0.3 is 10.1 Å². The number of ether oxygens (including phenoxy) is 1. The van der Waals surface area contributed by atoms with Crippen molar-refractivity contribution in [3.8, 4) is 39.5 Å². The first-order valence-corrected chi connectivity index (χ1v) is 10.7. The average molecular weight is 441 g/mol. The SMILES string of the molecule is CNCCn1cc(-c2cnc3ccc(-c4cn[nH]c4-c4cccc(C)n4)nc3c2OC)cn1. The summed E-state index contributed by atoms with van der Waals surface area (Å²) in [5.41, 5.74) is 7.40. The molecule has 2 N–H and O–H groups in total. The second kappa shape index (κ2) is 8.79. The van der Waals surface area contributed by atoms with E-state index in [-0.39, 0.29) is 0 Å². The molecule has 0 bridgehead atoms. The summed E-state index contributed by atoms with van der Waals surface area (Å²) >= 11 is 0. The van der Waals surface area contributed by atoms with Crippen LogP contribution in [0.1, 0.15) is 5.69 Å². The van der Waals surface area contributed by atoms with Crippen molar-refractivity contribution in [1.82, 2.24) is 40.2 Å². The summed E-state index contributed by atoms with van der Waals surface area (Å²) in [5, 5.41) is 14.9. The number of rotatable bonds is 7. The number of hydrogen-bond acceptors (Lipinski definition) is 7. The molecule has 166 valence electrons. The van der Waals surface area contributed by atoms with Crippen LogP contribution in [0.5, 0.6) is 5.75 Å². The lowest BCUT2D eigenvalue weighted by Crippen LogP contribution is -2.14. The molecule has 5 rings (SSSR count). The van der Waals surface area contributed by atoms with Gasteiger partial charge in [0.05, 0.1) is 48.6 Å². The number of nitrogens with zero attached hydrogens (tertiary/aromatic N) is 6. The van der Waals surface area contributed by atoms with Gasteiger partial charge in [-0.25, -0.2) is 4.98 Å². The van der Waals surface area contributed by atoms with Crippen LogP contribution in [-0.2, 0) is 6.54 Å². The monoisotopic (exact) mass is 440 g/mol. The lowest BCUT2D eigenvalue weighted by molar-refractivity contribution is 0.420. The Bertz CT molecular complexity index is 1420. The molecule has 33 heavy (non-hydrogen) atoms. The van der Waals surface area contributed by atoms with Crippen molar-refractivity contribution in [1.29, 1.82) is 0 Å². The van der Waals surface area contributed by atoms with Gasteiger partial charge in [0.1, 0.15) is 5.52 Å². The molecule has 0 atom stereocenters. The van der Waals surface area contributed by atoms with E-state index in [2.05, 4.69) is 30.6 Å². The third-order valence-corrected chi connectivity index (χ3v) is 5.47. The van der Waals surface area contributed by atoms with Crippen LogP contribution < -0.4 is 10.1 Å². The Morgan fingerprint density at radius 3 is 2.76 bits per heavy atom.